The van der Waals surface area contributed by atoms with Crippen molar-refractivity contribution in [1.29, 1.82) is 0 Å². The molecule has 0 bridgehead atoms. The van der Waals surface area contributed by atoms with Crippen molar-refractivity contribution in [2.45, 2.75) is 51.6 Å². The van der Waals surface area contributed by atoms with Gasteiger partial charge in [0.05, 0.1) is 6.54 Å². The summed E-state index contributed by atoms with van der Waals surface area (Å²) in [7, 11) is 0. The molecule has 4 heterocycles. The zero-order valence-electron chi connectivity index (χ0n) is 14.3. The molecule has 4 rings (SSSR count). The number of fused-ring (bicyclic) bond motifs is 1. The Morgan fingerprint density at radius 1 is 1.31 bits per heavy atom. The zero-order valence-corrected chi connectivity index (χ0v) is 15.2. The maximum absolute atomic E-state index is 12.1. The lowest BCUT2D eigenvalue weighted by molar-refractivity contribution is -0.121. The van der Waals surface area contributed by atoms with E-state index in [-0.39, 0.29) is 5.91 Å². The molecular formula is C17H20N6O2S. The molecule has 3 aromatic rings. The second-order valence-corrected chi connectivity index (χ2v) is 7.08. The lowest BCUT2D eigenvalue weighted by Crippen LogP contribution is -2.25. The quantitative estimate of drug-likeness (QED) is 0.713. The van der Waals surface area contributed by atoms with Crippen LogP contribution in [0, 0.1) is 0 Å². The minimum absolute atomic E-state index is 0.0637. The van der Waals surface area contributed by atoms with E-state index in [2.05, 4.69) is 30.2 Å². The van der Waals surface area contributed by atoms with Gasteiger partial charge >= 0.3 is 0 Å². The van der Waals surface area contributed by atoms with Crippen molar-refractivity contribution in [2.75, 3.05) is 0 Å². The first kappa shape index (κ1) is 16.9. The number of nitrogens with zero attached hydrogens (tertiary/aromatic N) is 5. The topological polar surface area (TPSA) is 98.7 Å². The number of hydrogen-bond donors (Lipinski definition) is 1. The molecule has 0 atom stereocenters. The van der Waals surface area contributed by atoms with Crippen molar-refractivity contribution >= 4 is 17.2 Å². The van der Waals surface area contributed by atoms with Gasteiger partial charge in [0.15, 0.2) is 5.82 Å². The van der Waals surface area contributed by atoms with Crippen LogP contribution in [-0.4, -0.2) is 30.8 Å². The smallest absolute Gasteiger partial charge is 0.227 e. The lowest BCUT2D eigenvalue weighted by Gasteiger charge is -2.07. The number of nitrogens with one attached hydrogen (secondary N) is 1. The third-order valence-corrected chi connectivity index (χ3v) is 5.13. The van der Waals surface area contributed by atoms with Gasteiger partial charge in [0.25, 0.3) is 0 Å². The van der Waals surface area contributed by atoms with Crippen LogP contribution >= 0.6 is 11.3 Å². The maximum atomic E-state index is 12.1. The van der Waals surface area contributed by atoms with Crippen LogP contribution in [0.15, 0.2) is 21.3 Å². The number of aryl methyl sites for hydroxylation is 2. The molecule has 1 aliphatic rings. The molecule has 3 aromatic heterocycles. The van der Waals surface area contributed by atoms with E-state index in [4.69, 9.17) is 4.52 Å². The van der Waals surface area contributed by atoms with E-state index in [1.54, 1.807) is 11.3 Å². The predicted molar refractivity (Wildman–Crippen MR) is 95.4 cm³/mol. The molecule has 0 unspecified atom stereocenters. The Labute approximate surface area is 154 Å². The molecular weight excluding hydrogens is 352 g/mol. The average molecular weight is 372 g/mol. The van der Waals surface area contributed by atoms with Crippen LogP contribution in [-0.2, 0) is 30.7 Å². The van der Waals surface area contributed by atoms with Gasteiger partial charge in [-0.2, -0.15) is 16.3 Å². The molecule has 0 spiro atoms. The molecule has 1 N–H and O–H groups in total. The zero-order chi connectivity index (χ0) is 17.8. The van der Waals surface area contributed by atoms with Crippen molar-refractivity contribution in [3.05, 3.63) is 34.4 Å². The molecule has 0 fully saturated rings. The molecule has 0 aromatic carbocycles. The van der Waals surface area contributed by atoms with E-state index in [9.17, 15) is 4.79 Å². The van der Waals surface area contributed by atoms with Crippen molar-refractivity contribution < 1.29 is 9.32 Å². The van der Waals surface area contributed by atoms with Crippen molar-refractivity contribution in [3.8, 4) is 11.4 Å². The van der Waals surface area contributed by atoms with Gasteiger partial charge in [-0.1, -0.05) is 11.6 Å². The van der Waals surface area contributed by atoms with Gasteiger partial charge in [-0.05, 0) is 24.3 Å². The minimum Gasteiger partial charge on any atom is -0.349 e. The highest BCUT2D eigenvalue weighted by Crippen LogP contribution is 2.19. The van der Waals surface area contributed by atoms with Gasteiger partial charge < -0.3 is 14.4 Å². The molecule has 1 amide bonds. The number of thiophene rings is 1. The standard InChI is InChI=1S/C17H20N6O2S/c24-15(5-6-16-19-17(22-25-16)12-7-9-26-11-12)18-10-14-21-20-13-4-2-1-3-8-23(13)14/h7,9,11H,1-6,8,10H2,(H,18,24). The largest absolute Gasteiger partial charge is 0.349 e. The Morgan fingerprint density at radius 2 is 2.27 bits per heavy atom. The van der Waals surface area contributed by atoms with Crippen molar-refractivity contribution in [1.82, 2.24) is 30.2 Å². The van der Waals surface area contributed by atoms with E-state index in [1.165, 1.54) is 6.42 Å². The van der Waals surface area contributed by atoms with Crippen LogP contribution in [0.25, 0.3) is 11.4 Å². The maximum Gasteiger partial charge on any atom is 0.227 e. The summed E-state index contributed by atoms with van der Waals surface area (Å²) < 4.78 is 7.35. The fourth-order valence-electron chi connectivity index (χ4n) is 3.03. The summed E-state index contributed by atoms with van der Waals surface area (Å²) in [5.74, 6) is 2.82. The van der Waals surface area contributed by atoms with Gasteiger partial charge in [0.2, 0.25) is 17.6 Å². The van der Waals surface area contributed by atoms with Crippen LogP contribution in [0.5, 0.6) is 0 Å². The van der Waals surface area contributed by atoms with Crippen LogP contribution in [0.3, 0.4) is 0 Å². The number of hydrogen-bond acceptors (Lipinski definition) is 7. The highest BCUT2D eigenvalue weighted by Gasteiger charge is 2.16. The van der Waals surface area contributed by atoms with E-state index in [0.717, 1.165) is 43.0 Å². The van der Waals surface area contributed by atoms with Crippen LogP contribution in [0.1, 0.15) is 43.2 Å². The molecule has 136 valence electrons. The first-order chi connectivity index (χ1) is 12.8. The molecule has 0 saturated carbocycles. The van der Waals surface area contributed by atoms with Gasteiger partial charge in [-0.25, -0.2) is 0 Å². The molecule has 0 saturated heterocycles. The molecule has 9 heteroatoms. The SMILES string of the molecule is O=C(CCc1nc(-c2ccsc2)no1)NCc1nnc2n1CCCCC2. The molecule has 26 heavy (non-hydrogen) atoms. The van der Waals surface area contributed by atoms with Crippen LogP contribution < -0.4 is 5.32 Å². The Balaban J connectivity index is 1.28. The third-order valence-electron chi connectivity index (χ3n) is 4.44. The second-order valence-electron chi connectivity index (χ2n) is 6.30. The summed E-state index contributed by atoms with van der Waals surface area (Å²) in [5.41, 5.74) is 0.932. The Kier molecular flexibility index (Phi) is 5.05. The number of amides is 1. The van der Waals surface area contributed by atoms with E-state index in [1.807, 2.05) is 16.8 Å². The summed E-state index contributed by atoms with van der Waals surface area (Å²) in [6, 6.07) is 1.94. The summed E-state index contributed by atoms with van der Waals surface area (Å²) in [4.78, 5) is 16.5. The van der Waals surface area contributed by atoms with Crippen molar-refractivity contribution in [3.63, 3.8) is 0 Å². The Hall–Kier alpha value is -2.55. The van der Waals surface area contributed by atoms with E-state index >= 15 is 0 Å². The van der Waals surface area contributed by atoms with Crippen LogP contribution in [0.4, 0.5) is 0 Å². The van der Waals surface area contributed by atoms with Crippen LogP contribution in [0.2, 0.25) is 0 Å². The number of carbonyl (C=O) groups excluding carboxylic acids is 1. The summed E-state index contributed by atoms with van der Waals surface area (Å²) >= 11 is 1.58. The average Bonchev–Trinajstić information content (AvgIpc) is 3.37. The van der Waals surface area contributed by atoms with E-state index < -0.39 is 0 Å². The second kappa shape index (κ2) is 7.77. The molecule has 8 nitrogen and oxygen atoms in total. The summed E-state index contributed by atoms with van der Waals surface area (Å²) in [6.45, 7) is 1.33. The first-order valence-corrected chi connectivity index (χ1v) is 9.76. The number of carbonyl (C=O) groups is 1. The highest BCUT2D eigenvalue weighted by molar-refractivity contribution is 7.08. The summed E-state index contributed by atoms with van der Waals surface area (Å²) in [6.07, 6.45) is 5.18. The fourth-order valence-corrected chi connectivity index (χ4v) is 3.66. The fraction of sp³-hybridized carbons (Fsp3) is 0.471. The van der Waals surface area contributed by atoms with Gasteiger partial charge in [-0.15, -0.1) is 10.2 Å². The van der Waals surface area contributed by atoms with Gasteiger partial charge in [-0.3, -0.25) is 4.79 Å². The normalized spacial score (nSPS) is 14.0. The summed E-state index contributed by atoms with van der Waals surface area (Å²) in [5, 5.41) is 19.2. The minimum atomic E-state index is -0.0637. The van der Waals surface area contributed by atoms with Gasteiger partial charge in [0, 0.05) is 36.8 Å². The number of aromatic nitrogens is 5. The predicted octanol–water partition coefficient (Wildman–Crippen LogP) is 2.37. The monoisotopic (exact) mass is 372 g/mol. The lowest BCUT2D eigenvalue weighted by atomic mass is 10.2. The molecule has 0 aliphatic carbocycles. The van der Waals surface area contributed by atoms with Gasteiger partial charge in [0.1, 0.15) is 5.82 Å². The number of rotatable bonds is 6. The third kappa shape index (κ3) is 3.82. The Bertz CT molecular complexity index is 870. The van der Waals surface area contributed by atoms with Crippen molar-refractivity contribution in [2.24, 2.45) is 0 Å². The Morgan fingerprint density at radius 3 is 3.15 bits per heavy atom. The van der Waals surface area contributed by atoms with E-state index in [0.29, 0.717) is 31.1 Å². The molecule has 1 aliphatic heterocycles. The first-order valence-electron chi connectivity index (χ1n) is 8.82. The highest BCUT2D eigenvalue weighted by atomic mass is 32.1. The molecule has 0 radical (unpaired) electrons.